The van der Waals surface area contributed by atoms with Crippen LogP contribution in [0.1, 0.15) is 52.9 Å². The van der Waals surface area contributed by atoms with E-state index in [1.807, 2.05) is 13.8 Å². The summed E-state index contributed by atoms with van der Waals surface area (Å²) in [6.07, 6.45) is 4.00. The van der Waals surface area contributed by atoms with E-state index in [-0.39, 0.29) is 12.2 Å². The Bertz CT molecular complexity index is 326. The predicted octanol–water partition coefficient (Wildman–Crippen LogP) is 2.63. The van der Waals surface area contributed by atoms with Gasteiger partial charge in [0.15, 0.2) is 0 Å². The maximum atomic E-state index is 11.0. The minimum atomic E-state index is -0.858. The van der Waals surface area contributed by atoms with Crippen LogP contribution in [0.25, 0.3) is 0 Å². The predicted molar refractivity (Wildman–Crippen MR) is 65.3 cm³/mol. The molecular weight excluding hydrogens is 214 g/mol. The summed E-state index contributed by atoms with van der Waals surface area (Å²) >= 11 is 0. The maximum Gasteiger partial charge on any atom is 0.0882 e. The molecule has 1 saturated heterocycles. The Morgan fingerprint density at radius 2 is 1.76 bits per heavy atom. The molecule has 96 valence electrons. The van der Waals surface area contributed by atoms with Crippen LogP contribution in [0.4, 0.5) is 0 Å². The average Bonchev–Trinajstić information content (AvgIpc) is 2.59. The lowest BCUT2D eigenvalue weighted by Crippen LogP contribution is -2.53. The van der Waals surface area contributed by atoms with E-state index in [2.05, 4.69) is 13.0 Å². The van der Waals surface area contributed by atoms with Crippen LogP contribution in [0.3, 0.4) is 0 Å². The molecule has 17 heavy (non-hydrogen) atoms. The Kier molecular flexibility index (Phi) is 3.22. The Morgan fingerprint density at radius 1 is 1.18 bits per heavy atom. The molecule has 0 spiro atoms. The van der Waals surface area contributed by atoms with Crippen LogP contribution in [-0.2, 0) is 4.74 Å². The zero-order chi connectivity index (χ0) is 12.7. The molecule has 1 aliphatic heterocycles. The van der Waals surface area contributed by atoms with E-state index in [4.69, 9.17) is 4.74 Å². The van der Waals surface area contributed by atoms with E-state index in [1.165, 1.54) is 0 Å². The first kappa shape index (κ1) is 12.9. The molecule has 2 aliphatic rings. The second-order valence-electron chi connectivity index (χ2n) is 6.24. The van der Waals surface area contributed by atoms with Crippen LogP contribution in [0.5, 0.6) is 0 Å². The zero-order valence-corrected chi connectivity index (χ0v) is 11.1. The van der Waals surface area contributed by atoms with Gasteiger partial charge in [0, 0.05) is 12.8 Å². The van der Waals surface area contributed by atoms with Gasteiger partial charge in [0.25, 0.3) is 0 Å². The van der Waals surface area contributed by atoms with E-state index < -0.39 is 11.0 Å². The lowest BCUT2D eigenvalue weighted by molar-refractivity contribution is -0.172. The summed E-state index contributed by atoms with van der Waals surface area (Å²) in [5.74, 6) is 0.548. The number of aliphatic hydroxyl groups is 1. The standard InChI is InChI=1S/C14H23NO2/c1-10-4-5-13(6-10,9-15)14(16)7-11(2)17-12(3)8-14/h10-12,16H,4-8H2,1-3H3. The van der Waals surface area contributed by atoms with Gasteiger partial charge in [0.05, 0.1) is 29.3 Å². The van der Waals surface area contributed by atoms with Gasteiger partial charge in [-0.25, -0.2) is 0 Å². The summed E-state index contributed by atoms with van der Waals surface area (Å²) < 4.78 is 5.69. The highest BCUT2D eigenvalue weighted by atomic mass is 16.5. The number of nitrogens with zero attached hydrogens (tertiary/aromatic N) is 1. The van der Waals surface area contributed by atoms with Gasteiger partial charge in [0.1, 0.15) is 0 Å². The van der Waals surface area contributed by atoms with Gasteiger partial charge < -0.3 is 9.84 Å². The highest BCUT2D eigenvalue weighted by Gasteiger charge is 2.56. The van der Waals surface area contributed by atoms with Crippen molar-refractivity contribution < 1.29 is 9.84 Å². The molecule has 0 aromatic rings. The van der Waals surface area contributed by atoms with Crippen LogP contribution in [0.2, 0.25) is 0 Å². The van der Waals surface area contributed by atoms with Crippen LogP contribution in [0, 0.1) is 22.7 Å². The summed E-state index contributed by atoms with van der Waals surface area (Å²) in [6, 6.07) is 2.45. The molecule has 2 rings (SSSR count). The van der Waals surface area contributed by atoms with Crippen molar-refractivity contribution >= 4 is 0 Å². The molecule has 0 amide bonds. The molecule has 1 saturated carbocycles. The molecule has 2 fully saturated rings. The minimum Gasteiger partial charge on any atom is -0.388 e. The summed E-state index contributed by atoms with van der Waals surface area (Å²) in [5, 5.41) is 20.6. The fourth-order valence-corrected chi connectivity index (χ4v) is 3.84. The summed E-state index contributed by atoms with van der Waals surface area (Å²) in [5.41, 5.74) is -1.40. The lowest BCUT2D eigenvalue weighted by atomic mass is 9.65. The Hall–Kier alpha value is -0.590. The van der Waals surface area contributed by atoms with Crippen molar-refractivity contribution in [3.8, 4) is 6.07 Å². The normalized spacial score (nSPS) is 51.1. The molecule has 0 aromatic carbocycles. The molecule has 3 heteroatoms. The van der Waals surface area contributed by atoms with Gasteiger partial charge in [0.2, 0.25) is 0 Å². The van der Waals surface area contributed by atoms with Crippen LogP contribution < -0.4 is 0 Å². The van der Waals surface area contributed by atoms with Crippen LogP contribution in [0.15, 0.2) is 0 Å². The van der Waals surface area contributed by atoms with Crippen molar-refractivity contribution in [2.75, 3.05) is 0 Å². The molecule has 1 heterocycles. The zero-order valence-electron chi connectivity index (χ0n) is 11.1. The largest absolute Gasteiger partial charge is 0.388 e. The lowest BCUT2D eigenvalue weighted by Gasteiger charge is -2.47. The number of ether oxygens (including phenoxy) is 1. The highest BCUT2D eigenvalue weighted by molar-refractivity contribution is 5.16. The molecular formula is C14H23NO2. The number of hydrogen-bond donors (Lipinski definition) is 1. The summed E-state index contributed by atoms with van der Waals surface area (Å²) in [7, 11) is 0. The minimum absolute atomic E-state index is 0.0462. The Labute approximate surface area is 104 Å². The van der Waals surface area contributed by atoms with E-state index in [1.54, 1.807) is 0 Å². The Balaban J connectivity index is 2.27. The van der Waals surface area contributed by atoms with Gasteiger partial charge in [-0.05, 0) is 39.0 Å². The molecule has 0 radical (unpaired) electrons. The monoisotopic (exact) mass is 237 g/mol. The highest BCUT2D eigenvalue weighted by Crippen LogP contribution is 2.53. The molecule has 1 N–H and O–H groups in total. The number of hydrogen-bond acceptors (Lipinski definition) is 3. The van der Waals surface area contributed by atoms with E-state index in [0.717, 1.165) is 19.3 Å². The van der Waals surface area contributed by atoms with Crippen molar-refractivity contribution in [1.82, 2.24) is 0 Å². The van der Waals surface area contributed by atoms with Gasteiger partial charge in [-0.3, -0.25) is 0 Å². The third-order valence-corrected chi connectivity index (χ3v) is 4.58. The van der Waals surface area contributed by atoms with Gasteiger partial charge in [-0.15, -0.1) is 0 Å². The maximum absolute atomic E-state index is 11.0. The smallest absolute Gasteiger partial charge is 0.0882 e. The SMILES string of the molecule is CC1CCC(C#N)(C2(O)CC(C)OC(C)C2)C1. The van der Waals surface area contributed by atoms with Gasteiger partial charge in [-0.2, -0.15) is 5.26 Å². The third kappa shape index (κ3) is 2.09. The first-order chi connectivity index (χ1) is 7.91. The van der Waals surface area contributed by atoms with Crippen molar-refractivity contribution in [2.45, 2.75) is 70.7 Å². The van der Waals surface area contributed by atoms with E-state index >= 15 is 0 Å². The quantitative estimate of drug-likeness (QED) is 0.762. The second-order valence-corrected chi connectivity index (χ2v) is 6.24. The molecule has 4 atom stereocenters. The second kappa shape index (κ2) is 4.26. The molecule has 3 nitrogen and oxygen atoms in total. The van der Waals surface area contributed by atoms with Crippen LogP contribution in [-0.4, -0.2) is 22.9 Å². The first-order valence-electron chi connectivity index (χ1n) is 6.70. The Morgan fingerprint density at radius 3 is 2.18 bits per heavy atom. The summed E-state index contributed by atoms with van der Waals surface area (Å²) in [6.45, 7) is 6.16. The average molecular weight is 237 g/mol. The van der Waals surface area contributed by atoms with Gasteiger partial charge in [-0.1, -0.05) is 6.92 Å². The van der Waals surface area contributed by atoms with Crippen molar-refractivity contribution in [3.05, 3.63) is 0 Å². The molecule has 0 aromatic heterocycles. The molecule has 4 unspecified atom stereocenters. The van der Waals surface area contributed by atoms with Crippen molar-refractivity contribution in [2.24, 2.45) is 11.3 Å². The fraction of sp³-hybridized carbons (Fsp3) is 0.929. The van der Waals surface area contributed by atoms with Crippen molar-refractivity contribution in [3.63, 3.8) is 0 Å². The third-order valence-electron chi connectivity index (χ3n) is 4.58. The topological polar surface area (TPSA) is 53.2 Å². The summed E-state index contributed by atoms with van der Waals surface area (Å²) in [4.78, 5) is 0. The van der Waals surface area contributed by atoms with E-state index in [9.17, 15) is 10.4 Å². The van der Waals surface area contributed by atoms with Crippen molar-refractivity contribution in [1.29, 1.82) is 5.26 Å². The molecule has 1 aliphatic carbocycles. The fourth-order valence-electron chi connectivity index (χ4n) is 3.84. The van der Waals surface area contributed by atoms with Crippen LogP contribution >= 0.6 is 0 Å². The molecule has 0 bridgehead atoms. The first-order valence-corrected chi connectivity index (χ1v) is 6.70. The number of rotatable bonds is 1. The van der Waals surface area contributed by atoms with E-state index in [0.29, 0.717) is 18.8 Å². The van der Waals surface area contributed by atoms with Gasteiger partial charge >= 0.3 is 0 Å². The number of nitriles is 1.